The second-order valence-electron chi connectivity index (χ2n) is 7.50. The number of aryl methyl sites for hydroxylation is 1. The first-order valence-corrected chi connectivity index (χ1v) is 11.2. The molecule has 0 bridgehead atoms. The van der Waals surface area contributed by atoms with E-state index in [1.165, 1.54) is 0 Å². The molecular formula is C26H19BrClNO3. The molecule has 1 atom stereocenters. The van der Waals surface area contributed by atoms with Crippen LogP contribution >= 0.6 is 27.5 Å². The molecule has 0 unspecified atom stereocenters. The average Bonchev–Trinajstić information content (AvgIpc) is 2.78. The number of fused-ring (bicyclic) bond motifs is 1. The minimum absolute atomic E-state index is 0.261. The lowest BCUT2D eigenvalue weighted by Gasteiger charge is -2.15. The predicted octanol–water partition coefficient (Wildman–Crippen LogP) is 7.05. The maximum absolute atomic E-state index is 13.2. The number of nitrogens with zero attached hydrogens (tertiary/aromatic N) is 1. The number of Topliss-reactive ketones (excluding diaryl/α,β-unsaturated/α-hetero) is 1. The van der Waals surface area contributed by atoms with Crippen molar-refractivity contribution in [3.05, 3.63) is 99.0 Å². The van der Waals surface area contributed by atoms with Crippen molar-refractivity contribution < 1.29 is 14.3 Å². The molecule has 160 valence electrons. The van der Waals surface area contributed by atoms with Gasteiger partial charge < -0.3 is 4.74 Å². The van der Waals surface area contributed by atoms with Gasteiger partial charge in [-0.25, -0.2) is 9.78 Å². The van der Waals surface area contributed by atoms with E-state index in [0.717, 1.165) is 15.6 Å². The van der Waals surface area contributed by atoms with Gasteiger partial charge >= 0.3 is 5.97 Å². The van der Waals surface area contributed by atoms with Crippen molar-refractivity contribution in [3.8, 4) is 11.3 Å². The first-order valence-electron chi connectivity index (χ1n) is 10.00. The van der Waals surface area contributed by atoms with E-state index in [2.05, 4.69) is 20.9 Å². The topological polar surface area (TPSA) is 56.3 Å². The number of halogens is 2. The molecule has 4 rings (SSSR count). The quantitative estimate of drug-likeness (QED) is 0.214. The van der Waals surface area contributed by atoms with Gasteiger partial charge in [0.1, 0.15) is 0 Å². The highest BCUT2D eigenvalue weighted by Gasteiger charge is 2.23. The molecular weight excluding hydrogens is 490 g/mol. The van der Waals surface area contributed by atoms with E-state index in [0.29, 0.717) is 32.7 Å². The van der Waals surface area contributed by atoms with Crippen LogP contribution in [0.4, 0.5) is 0 Å². The van der Waals surface area contributed by atoms with Gasteiger partial charge in [-0.2, -0.15) is 0 Å². The van der Waals surface area contributed by atoms with Crippen LogP contribution in [0, 0.1) is 6.92 Å². The number of hydrogen-bond acceptors (Lipinski definition) is 4. The summed E-state index contributed by atoms with van der Waals surface area (Å²) < 4.78 is 6.52. The molecule has 0 saturated carbocycles. The number of ether oxygens (including phenoxy) is 1. The number of benzene rings is 3. The van der Waals surface area contributed by atoms with Gasteiger partial charge in [-0.15, -0.1) is 0 Å². The Morgan fingerprint density at radius 3 is 2.34 bits per heavy atom. The van der Waals surface area contributed by atoms with Crippen LogP contribution in [0.15, 0.2) is 77.3 Å². The highest BCUT2D eigenvalue weighted by atomic mass is 79.9. The largest absolute Gasteiger partial charge is 0.451 e. The number of hydrogen-bond donors (Lipinski definition) is 0. The zero-order chi connectivity index (χ0) is 22.8. The SMILES string of the molecule is Cc1ccc(C(=O)[C@@H](C)OC(=O)c2cc(-c3ccc(Br)cc3)nc3ccc(Cl)cc23)cc1. The molecule has 6 heteroatoms. The van der Waals surface area contributed by atoms with Crippen molar-refractivity contribution in [1.29, 1.82) is 0 Å². The maximum Gasteiger partial charge on any atom is 0.339 e. The summed E-state index contributed by atoms with van der Waals surface area (Å²) in [5, 5.41) is 1.05. The molecule has 1 aromatic heterocycles. The molecule has 0 aliphatic rings. The summed E-state index contributed by atoms with van der Waals surface area (Å²) in [5.41, 5.74) is 3.93. The number of ketones is 1. The molecule has 0 N–H and O–H groups in total. The second-order valence-corrected chi connectivity index (χ2v) is 8.85. The molecule has 0 amide bonds. The number of carbonyl (C=O) groups excluding carboxylic acids is 2. The Morgan fingerprint density at radius 2 is 1.66 bits per heavy atom. The fourth-order valence-corrected chi connectivity index (χ4v) is 3.80. The third kappa shape index (κ3) is 4.74. The molecule has 4 nitrogen and oxygen atoms in total. The normalized spacial score (nSPS) is 11.9. The standard InChI is InChI=1S/C26H19BrClNO3/c1-15-3-5-18(6-4-15)25(30)16(2)32-26(31)22-14-24(17-7-9-19(27)10-8-17)29-23-12-11-20(28)13-21(22)23/h3-14,16H,1-2H3/t16-/m1/s1. The Hall–Kier alpha value is -3.02. The van der Waals surface area contributed by atoms with E-state index in [-0.39, 0.29) is 5.78 Å². The van der Waals surface area contributed by atoms with E-state index in [9.17, 15) is 9.59 Å². The summed E-state index contributed by atoms with van der Waals surface area (Å²) in [6, 6.07) is 21.6. The number of pyridine rings is 1. The zero-order valence-electron chi connectivity index (χ0n) is 17.4. The van der Waals surface area contributed by atoms with Gasteiger partial charge in [0, 0.05) is 26.0 Å². The van der Waals surface area contributed by atoms with Crippen LogP contribution in [0.5, 0.6) is 0 Å². The van der Waals surface area contributed by atoms with Gasteiger partial charge in [-0.3, -0.25) is 4.79 Å². The van der Waals surface area contributed by atoms with Crippen LogP contribution in [-0.4, -0.2) is 22.8 Å². The minimum Gasteiger partial charge on any atom is -0.451 e. The van der Waals surface area contributed by atoms with E-state index >= 15 is 0 Å². The van der Waals surface area contributed by atoms with Gasteiger partial charge in [0.2, 0.25) is 5.78 Å². The Labute approximate surface area is 199 Å². The molecule has 0 fully saturated rings. The van der Waals surface area contributed by atoms with Crippen LogP contribution in [0.3, 0.4) is 0 Å². The minimum atomic E-state index is -0.941. The monoisotopic (exact) mass is 507 g/mol. The van der Waals surface area contributed by atoms with Gasteiger partial charge in [0.15, 0.2) is 6.10 Å². The Morgan fingerprint density at radius 1 is 0.969 bits per heavy atom. The van der Waals surface area contributed by atoms with Crippen LogP contribution in [0.25, 0.3) is 22.2 Å². The van der Waals surface area contributed by atoms with Crippen LogP contribution in [-0.2, 0) is 4.74 Å². The van der Waals surface area contributed by atoms with E-state index in [1.807, 2.05) is 43.3 Å². The second kappa shape index (κ2) is 9.23. The van der Waals surface area contributed by atoms with Gasteiger partial charge in [0.05, 0.1) is 16.8 Å². The summed E-state index contributed by atoms with van der Waals surface area (Å²) >= 11 is 9.61. The van der Waals surface area contributed by atoms with Gasteiger partial charge in [-0.05, 0) is 50.2 Å². The van der Waals surface area contributed by atoms with Crippen molar-refractivity contribution in [1.82, 2.24) is 4.98 Å². The van der Waals surface area contributed by atoms with Crippen LogP contribution in [0.2, 0.25) is 5.02 Å². The van der Waals surface area contributed by atoms with Gasteiger partial charge in [-0.1, -0.05) is 69.5 Å². The lowest BCUT2D eigenvalue weighted by molar-refractivity contribution is 0.0320. The molecule has 0 aliphatic heterocycles. The first-order chi connectivity index (χ1) is 15.3. The number of aromatic nitrogens is 1. The summed E-state index contributed by atoms with van der Waals surface area (Å²) in [7, 11) is 0. The molecule has 0 saturated heterocycles. The fourth-order valence-electron chi connectivity index (χ4n) is 3.37. The number of rotatable bonds is 5. The van der Waals surface area contributed by atoms with Gasteiger partial charge in [0.25, 0.3) is 0 Å². The third-order valence-corrected chi connectivity index (χ3v) is 5.88. The van der Waals surface area contributed by atoms with E-state index in [4.69, 9.17) is 16.3 Å². The molecule has 0 aliphatic carbocycles. The Balaban J connectivity index is 1.70. The van der Waals surface area contributed by atoms with Crippen molar-refractivity contribution in [2.24, 2.45) is 0 Å². The lowest BCUT2D eigenvalue weighted by Crippen LogP contribution is -2.24. The lowest BCUT2D eigenvalue weighted by atomic mass is 10.0. The summed E-state index contributed by atoms with van der Waals surface area (Å²) in [5.74, 6) is -0.867. The summed E-state index contributed by atoms with van der Waals surface area (Å²) in [6.45, 7) is 3.52. The molecule has 0 spiro atoms. The fraction of sp³-hybridized carbons (Fsp3) is 0.115. The summed E-state index contributed by atoms with van der Waals surface area (Å²) in [6.07, 6.45) is -0.941. The third-order valence-electron chi connectivity index (χ3n) is 5.12. The van der Waals surface area contributed by atoms with Crippen LogP contribution in [0.1, 0.15) is 33.2 Å². The molecule has 4 aromatic rings. The average molecular weight is 509 g/mol. The molecule has 1 heterocycles. The molecule has 0 radical (unpaired) electrons. The molecule has 32 heavy (non-hydrogen) atoms. The summed E-state index contributed by atoms with van der Waals surface area (Å²) in [4.78, 5) is 30.6. The number of carbonyl (C=O) groups is 2. The number of esters is 1. The zero-order valence-corrected chi connectivity index (χ0v) is 19.8. The van der Waals surface area contributed by atoms with Crippen LogP contribution < -0.4 is 0 Å². The first kappa shape index (κ1) is 22.2. The van der Waals surface area contributed by atoms with E-state index in [1.54, 1.807) is 43.3 Å². The van der Waals surface area contributed by atoms with Crippen molar-refractivity contribution in [2.75, 3.05) is 0 Å². The Kier molecular flexibility index (Phi) is 6.40. The van der Waals surface area contributed by atoms with Crippen molar-refractivity contribution in [3.63, 3.8) is 0 Å². The van der Waals surface area contributed by atoms with Crippen molar-refractivity contribution in [2.45, 2.75) is 20.0 Å². The maximum atomic E-state index is 13.2. The smallest absolute Gasteiger partial charge is 0.339 e. The van der Waals surface area contributed by atoms with Crippen molar-refractivity contribution >= 4 is 50.2 Å². The molecule has 3 aromatic carbocycles. The Bertz CT molecular complexity index is 1320. The predicted molar refractivity (Wildman–Crippen MR) is 130 cm³/mol. The highest BCUT2D eigenvalue weighted by molar-refractivity contribution is 9.10. The highest BCUT2D eigenvalue weighted by Crippen LogP contribution is 2.28. The van der Waals surface area contributed by atoms with E-state index < -0.39 is 12.1 Å².